The molecule has 2 fully saturated rings. The van der Waals surface area contributed by atoms with E-state index in [-0.39, 0.29) is 0 Å². The maximum absolute atomic E-state index is 5.93. The lowest BCUT2D eigenvalue weighted by Gasteiger charge is -2.29. The highest BCUT2D eigenvalue weighted by molar-refractivity contribution is 5.53. The third-order valence-corrected chi connectivity index (χ3v) is 4.45. The lowest BCUT2D eigenvalue weighted by atomic mass is 9.97. The Morgan fingerprint density at radius 1 is 1.24 bits per heavy atom. The quantitative estimate of drug-likeness (QED) is 0.841. The molecule has 1 aromatic rings. The van der Waals surface area contributed by atoms with Crippen LogP contribution in [0.25, 0.3) is 0 Å². The molecule has 21 heavy (non-hydrogen) atoms. The summed E-state index contributed by atoms with van der Waals surface area (Å²) in [5.41, 5.74) is 6.55. The van der Waals surface area contributed by atoms with Crippen molar-refractivity contribution in [3.63, 3.8) is 0 Å². The molecule has 5 heteroatoms. The monoisotopic (exact) mass is 290 g/mol. The number of hydrogen-bond donors (Lipinski definition) is 2. The van der Waals surface area contributed by atoms with Gasteiger partial charge >= 0.3 is 0 Å². The van der Waals surface area contributed by atoms with Gasteiger partial charge in [-0.05, 0) is 69.8 Å². The SMILES string of the molecule is CN1CCC(CNc2ccc(N)c(OCC3CC3)n2)CC1. The van der Waals surface area contributed by atoms with Gasteiger partial charge in [0.1, 0.15) is 5.82 Å². The molecular formula is C16H26N4O. The topological polar surface area (TPSA) is 63.4 Å². The average molecular weight is 290 g/mol. The van der Waals surface area contributed by atoms with Crippen molar-refractivity contribution in [2.45, 2.75) is 25.7 Å². The predicted octanol–water partition coefficient (Wildman–Crippen LogP) is 2.21. The number of pyridine rings is 1. The number of nitrogens with two attached hydrogens (primary N) is 1. The van der Waals surface area contributed by atoms with Crippen LogP contribution in [-0.4, -0.2) is 43.2 Å². The molecule has 3 rings (SSSR count). The van der Waals surface area contributed by atoms with Crippen LogP contribution in [0.2, 0.25) is 0 Å². The molecule has 1 saturated carbocycles. The first-order valence-electron chi connectivity index (χ1n) is 8.02. The molecular weight excluding hydrogens is 264 g/mol. The Morgan fingerprint density at radius 2 is 2.00 bits per heavy atom. The van der Waals surface area contributed by atoms with E-state index in [1.54, 1.807) is 0 Å². The molecule has 2 heterocycles. The fourth-order valence-corrected chi connectivity index (χ4v) is 2.66. The third-order valence-electron chi connectivity index (χ3n) is 4.45. The molecule has 1 aliphatic carbocycles. The third kappa shape index (κ3) is 4.24. The van der Waals surface area contributed by atoms with E-state index in [9.17, 15) is 0 Å². The van der Waals surface area contributed by atoms with Crippen molar-refractivity contribution in [3.05, 3.63) is 12.1 Å². The largest absolute Gasteiger partial charge is 0.476 e. The molecule has 0 bridgehead atoms. The summed E-state index contributed by atoms with van der Waals surface area (Å²) in [7, 11) is 2.19. The van der Waals surface area contributed by atoms with E-state index < -0.39 is 0 Å². The van der Waals surface area contributed by atoms with Gasteiger partial charge in [0.25, 0.3) is 0 Å². The van der Waals surface area contributed by atoms with E-state index >= 15 is 0 Å². The highest BCUT2D eigenvalue weighted by atomic mass is 16.5. The molecule has 116 valence electrons. The van der Waals surface area contributed by atoms with Gasteiger partial charge in [-0.2, -0.15) is 4.98 Å². The van der Waals surface area contributed by atoms with Crippen LogP contribution >= 0.6 is 0 Å². The summed E-state index contributed by atoms with van der Waals surface area (Å²) < 4.78 is 5.72. The zero-order chi connectivity index (χ0) is 14.7. The Labute approximate surface area is 126 Å². The van der Waals surface area contributed by atoms with Crippen LogP contribution in [-0.2, 0) is 0 Å². The molecule has 0 aromatic carbocycles. The number of rotatable bonds is 6. The van der Waals surface area contributed by atoms with E-state index in [0.717, 1.165) is 24.9 Å². The van der Waals surface area contributed by atoms with E-state index in [2.05, 4.69) is 22.2 Å². The minimum Gasteiger partial charge on any atom is -0.476 e. The predicted molar refractivity (Wildman–Crippen MR) is 85.6 cm³/mol. The maximum Gasteiger partial charge on any atom is 0.239 e. The first kappa shape index (κ1) is 14.4. The zero-order valence-electron chi connectivity index (χ0n) is 12.8. The summed E-state index contributed by atoms with van der Waals surface area (Å²) in [6, 6.07) is 3.82. The smallest absolute Gasteiger partial charge is 0.239 e. The standard InChI is InChI=1S/C16H26N4O/c1-20-8-6-12(7-9-20)10-18-15-5-4-14(17)16(19-15)21-11-13-2-3-13/h4-5,12-13H,2-3,6-11,17H2,1H3,(H,18,19). The van der Waals surface area contributed by atoms with Crippen molar-refractivity contribution in [1.29, 1.82) is 0 Å². The van der Waals surface area contributed by atoms with Crippen molar-refractivity contribution in [2.75, 3.05) is 44.3 Å². The highest BCUT2D eigenvalue weighted by Gasteiger charge is 2.22. The summed E-state index contributed by atoms with van der Waals surface area (Å²) in [5, 5.41) is 3.43. The number of anilines is 2. The highest BCUT2D eigenvalue weighted by Crippen LogP contribution is 2.30. The number of nitrogens with zero attached hydrogens (tertiary/aromatic N) is 2. The minimum atomic E-state index is 0.579. The second-order valence-electron chi connectivity index (χ2n) is 6.47. The summed E-state index contributed by atoms with van der Waals surface area (Å²) in [4.78, 5) is 6.89. The molecule has 3 N–H and O–H groups in total. The van der Waals surface area contributed by atoms with Crippen molar-refractivity contribution < 1.29 is 4.74 Å². The van der Waals surface area contributed by atoms with Crippen molar-refractivity contribution in [3.8, 4) is 5.88 Å². The van der Waals surface area contributed by atoms with Crippen molar-refractivity contribution >= 4 is 11.5 Å². The fraction of sp³-hybridized carbons (Fsp3) is 0.688. The first-order chi connectivity index (χ1) is 10.2. The molecule has 1 saturated heterocycles. The molecule has 0 atom stereocenters. The Morgan fingerprint density at radius 3 is 2.71 bits per heavy atom. The summed E-state index contributed by atoms with van der Waals surface area (Å²) in [6.45, 7) is 4.11. The van der Waals surface area contributed by atoms with Gasteiger partial charge in [-0.15, -0.1) is 0 Å². The van der Waals surface area contributed by atoms with Gasteiger partial charge < -0.3 is 20.7 Å². The van der Waals surface area contributed by atoms with Crippen LogP contribution < -0.4 is 15.8 Å². The van der Waals surface area contributed by atoms with Crippen LogP contribution in [0.15, 0.2) is 12.1 Å². The number of nitrogen functional groups attached to an aromatic ring is 1. The van der Waals surface area contributed by atoms with Gasteiger partial charge in [0, 0.05) is 6.54 Å². The Balaban J connectivity index is 1.51. The van der Waals surface area contributed by atoms with E-state index in [1.165, 1.54) is 38.8 Å². The fourth-order valence-electron chi connectivity index (χ4n) is 2.66. The summed E-state index contributed by atoms with van der Waals surface area (Å²) >= 11 is 0. The molecule has 0 spiro atoms. The minimum absolute atomic E-state index is 0.579. The summed E-state index contributed by atoms with van der Waals surface area (Å²) in [6.07, 6.45) is 5.05. The average Bonchev–Trinajstić information content (AvgIpc) is 3.31. The van der Waals surface area contributed by atoms with E-state index in [4.69, 9.17) is 10.5 Å². The number of nitrogens with one attached hydrogen (secondary N) is 1. The van der Waals surface area contributed by atoms with Crippen LogP contribution in [0.1, 0.15) is 25.7 Å². The lowest BCUT2D eigenvalue weighted by molar-refractivity contribution is 0.226. The zero-order valence-corrected chi connectivity index (χ0v) is 12.8. The van der Waals surface area contributed by atoms with Crippen molar-refractivity contribution in [2.24, 2.45) is 11.8 Å². The number of likely N-dealkylation sites (tertiary alicyclic amines) is 1. The Kier molecular flexibility index (Phi) is 4.48. The normalized spacial score (nSPS) is 20.4. The van der Waals surface area contributed by atoms with Gasteiger partial charge in [-0.3, -0.25) is 0 Å². The van der Waals surface area contributed by atoms with Gasteiger partial charge in [-0.1, -0.05) is 0 Å². The van der Waals surface area contributed by atoms with Crippen LogP contribution in [0, 0.1) is 11.8 Å². The number of hydrogen-bond acceptors (Lipinski definition) is 5. The maximum atomic E-state index is 5.93. The Hall–Kier alpha value is -1.49. The molecule has 0 amide bonds. The van der Waals surface area contributed by atoms with E-state index in [1.807, 2.05) is 12.1 Å². The van der Waals surface area contributed by atoms with E-state index in [0.29, 0.717) is 17.5 Å². The van der Waals surface area contributed by atoms with Crippen LogP contribution in [0.5, 0.6) is 5.88 Å². The van der Waals surface area contributed by atoms with Gasteiger partial charge in [0.05, 0.1) is 12.3 Å². The van der Waals surface area contributed by atoms with Gasteiger partial charge in [0.2, 0.25) is 5.88 Å². The molecule has 2 aliphatic rings. The second kappa shape index (κ2) is 6.52. The van der Waals surface area contributed by atoms with Crippen LogP contribution in [0.4, 0.5) is 11.5 Å². The number of ether oxygens (including phenoxy) is 1. The number of aromatic nitrogens is 1. The molecule has 0 radical (unpaired) electrons. The first-order valence-corrected chi connectivity index (χ1v) is 8.02. The Bertz CT molecular complexity index is 467. The molecule has 0 unspecified atom stereocenters. The second-order valence-corrected chi connectivity index (χ2v) is 6.47. The number of piperidine rings is 1. The van der Waals surface area contributed by atoms with Crippen LogP contribution in [0.3, 0.4) is 0 Å². The van der Waals surface area contributed by atoms with Gasteiger partial charge in [-0.25, -0.2) is 0 Å². The summed E-state index contributed by atoms with van der Waals surface area (Å²) in [5.74, 6) is 2.89. The van der Waals surface area contributed by atoms with Gasteiger partial charge in [0.15, 0.2) is 0 Å². The lowest BCUT2D eigenvalue weighted by Crippen LogP contribution is -2.33. The molecule has 1 aliphatic heterocycles. The molecule has 5 nitrogen and oxygen atoms in total. The van der Waals surface area contributed by atoms with Crippen molar-refractivity contribution in [1.82, 2.24) is 9.88 Å². The molecule has 1 aromatic heterocycles.